The lowest BCUT2D eigenvalue weighted by molar-refractivity contribution is 0.0586. The molecule has 1 atom stereocenters. The first-order chi connectivity index (χ1) is 8.44. The zero-order valence-corrected chi connectivity index (χ0v) is 11.9. The number of alkyl carbamates (subject to hydrolysis) is 1. The van der Waals surface area contributed by atoms with Crippen LogP contribution in [0.3, 0.4) is 0 Å². The van der Waals surface area contributed by atoms with Crippen LogP contribution in [0.4, 0.5) is 4.79 Å². The molecule has 4 nitrogen and oxygen atoms in total. The summed E-state index contributed by atoms with van der Waals surface area (Å²) in [6.45, 7) is 9.16. The number of rotatable bonds is 4. The summed E-state index contributed by atoms with van der Waals surface area (Å²) in [6.07, 6.45) is 4.81. The first-order valence-electron chi connectivity index (χ1n) is 7.15. The van der Waals surface area contributed by atoms with Gasteiger partial charge in [-0.3, -0.25) is 4.90 Å². The maximum atomic E-state index is 11.8. The van der Waals surface area contributed by atoms with E-state index in [2.05, 4.69) is 10.2 Å². The van der Waals surface area contributed by atoms with Gasteiger partial charge in [-0.05, 0) is 65.5 Å². The summed E-state index contributed by atoms with van der Waals surface area (Å²) in [7, 11) is 0. The Morgan fingerprint density at radius 2 is 1.94 bits per heavy atom. The smallest absolute Gasteiger partial charge is 0.407 e. The van der Waals surface area contributed by atoms with E-state index >= 15 is 0 Å². The molecule has 0 aromatic heterocycles. The fourth-order valence-electron chi connectivity index (χ4n) is 2.44. The van der Waals surface area contributed by atoms with E-state index < -0.39 is 0 Å². The summed E-state index contributed by atoms with van der Waals surface area (Å²) in [4.78, 5) is 14.2. The number of ether oxygens (including phenoxy) is 1. The van der Waals surface area contributed by atoms with Crippen LogP contribution in [0.15, 0.2) is 0 Å². The van der Waals surface area contributed by atoms with Gasteiger partial charge in [0.25, 0.3) is 0 Å². The summed E-state index contributed by atoms with van der Waals surface area (Å²) in [5.74, 6) is 0.594. The van der Waals surface area contributed by atoms with Crippen LogP contribution < -0.4 is 5.32 Å². The third kappa shape index (κ3) is 4.48. The Kier molecular flexibility index (Phi) is 4.15. The minimum absolute atomic E-state index is 0.0884. The van der Waals surface area contributed by atoms with Gasteiger partial charge in [-0.25, -0.2) is 4.79 Å². The van der Waals surface area contributed by atoms with Crippen LogP contribution in [-0.2, 0) is 4.74 Å². The fourth-order valence-corrected chi connectivity index (χ4v) is 2.44. The minimum Gasteiger partial charge on any atom is -0.445 e. The maximum absolute atomic E-state index is 11.8. The number of carbonyl (C=O) groups excluding carboxylic acids is 1. The fraction of sp³-hybridized carbons (Fsp3) is 0.929. The molecule has 4 heteroatoms. The molecule has 0 spiro atoms. The van der Waals surface area contributed by atoms with Crippen LogP contribution in [0, 0.1) is 5.92 Å². The van der Waals surface area contributed by atoms with Gasteiger partial charge in [-0.2, -0.15) is 0 Å². The zero-order valence-electron chi connectivity index (χ0n) is 11.9. The highest BCUT2D eigenvalue weighted by Crippen LogP contribution is 2.35. The molecule has 2 rings (SSSR count). The van der Waals surface area contributed by atoms with E-state index in [9.17, 15) is 4.79 Å². The van der Waals surface area contributed by atoms with Crippen molar-refractivity contribution < 1.29 is 9.53 Å². The number of carbonyl (C=O) groups is 1. The third-order valence-electron chi connectivity index (χ3n) is 3.52. The van der Waals surface area contributed by atoms with Crippen LogP contribution >= 0.6 is 0 Å². The number of likely N-dealkylation sites (tertiary alicyclic amines) is 1. The van der Waals surface area contributed by atoms with Crippen molar-refractivity contribution in [2.45, 2.75) is 58.1 Å². The van der Waals surface area contributed by atoms with E-state index in [1.54, 1.807) is 0 Å². The van der Waals surface area contributed by atoms with Crippen LogP contribution in [0.1, 0.15) is 46.5 Å². The van der Waals surface area contributed by atoms with Crippen molar-refractivity contribution in [3.8, 4) is 0 Å². The predicted molar refractivity (Wildman–Crippen MR) is 71.6 cm³/mol. The number of hydrogen-bond acceptors (Lipinski definition) is 3. The summed E-state index contributed by atoms with van der Waals surface area (Å²) < 4.78 is 5.62. The molecule has 0 radical (unpaired) electrons. The van der Waals surface area contributed by atoms with Crippen LogP contribution in [0.5, 0.6) is 0 Å². The van der Waals surface area contributed by atoms with E-state index in [-0.39, 0.29) is 17.7 Å². The molecule has 1 unspecified atom stereocenters. The predicted octanol–water partition coefficient (Wildman–Crippen LogP) is 2.39. The van der Waals surface area contributed by atoms with Gasteiger partial charge in [0.1, 0.15) is 6.10 Å². The van der Waals surface area contributed by atoms with Gasteiger partial charge in [0.05, 0.1) is 0 Å². The Hall–Kier alpha value is -0.770. The lowest BCUT2D eigenvalue weighted by Gasteiger charge is -2.26. The summed E-state index contributed by atoms with van der Waals surface area (Å²) in [6, 6.07) is 0. The van der Waals surface area contributed by atoms with Crippen LogP contribution in [0.2, 0.25) is 0 Å². The zero-order chi connectivity index (χ0) is 13.2. The minimum atomic E-state index is -0.265. The molecule has 1 aliphatic carbocycles. The molecular formula is C14H26N2O2. The standard InChI is InChI=1S/C14H26N2O2/c1-14(2,3)15-13(17)18-12(11-6-7-11)10-16-8-4-5-9-16/h11-12H,4-10H2,1-3H3,(H,15,17). The third-order valence-corrected chi connectivity index (χ3v) is 3.52. The van der Waals surface area contributed by atoms with Gasteiger partial charge in [0, 0.05) is 12.1 Å². The number of hydrogen-bond donors (Lipinski definition) is 1. The van der Waals surface area contributed by atoms with Gasteiger partial charge in [0.2, 0.25) is 0 Å². The topological polar surface area (TPSA) is 41.6 Å². The van der Waals surface area contributed by atoms with Crippen molar-refractivity contribution in [1.29, 1.82) is 0 Å². The second-order valence-corrected chi connectivity index (χ2v) is 6.66. The monoisotopic (exact) mass is 254 g/mol. The van der Waals surface area contributed by atoms with Gasteiger partial charge < -0.3 is 10.1 Å². The normalized spacial score (nSPS) is 22.8. The highest BCUT2D eigenvalue weighted by atomic mass is 16.6. The molecular weight excluding hydrogens is 228 g/mol. The maximum Gasteiger partial charge on any atom is 0.407 e. The SMILES string of the molecule is CC(C)(C)NC(=O)OC(CN1CCCC1)C1CC1. The lowest BCUT2D eigenvalue weighted by Crippen LogP contribution is -2.44. The average molecular weight is 254 g/mol. The highest BCUT2D eigenvalue weighted by Gasteiger charge is 2.36. The average Bonchev–Trinajstić information content (AvgIpc) is 2.95. The molecule has 1 heterocycles. The molecule has 104 valence electrons. The Bertz CT molecular complexity index is 289. The molecule has 2 aliphatic rings. The molecule has 0 aromatic carbocycles. The molecule has 18 heavy (non-hydrogen) atoms. The summed E-state index contributed by atoms with van der Waals surface area (Å²) >= 11 is 0. The van der Waals surface area contributed by atoms with Gasteiger partial charge in [-0.15, -0.1) is 0 Å². The summed E-state index contributed by atoms with van der Waals surface area (Å²) in [5.41, 5.74) is -0.223. The Balaban J connectivity index is 1.80. The molecule has 0 aromatic rings. The highest BCUT2D eigenvalue weighted by molar-refractivity contribution is 5.68. The second-order valence-electron chi connectivity index (χ2n) is 6.66. The van der Waals surface area contributed by atoms with Gasteiger partial charge in [-0.1, -0.05) is 0 Å². The molecule has 1 N–H and O–H groups in total. The molecule has 2 fully saturated rings. The van der Waals surface area contributed by atoms with Crippen molar-refractivity contribution in [2.24, 2.45) is 5.92 Å². The van der Waals surface area contributed by atoms with Gasteiger partial charge in [0.15, 0.2) is 0 Å². The Morgan fingerprint density at radius 1 is 1.33 bits per heavy atom. The molecule has 1 saturated carbocycles. The second kappa shape index (κ2) is 5.47. The van der Waals surface area contributed by atoms with E-state index in [1.807, 2.05) is 20.8 Å². The van der Waals surface area contributed by atoms with Gasteiger partial charge >= 0.3 is 6.09 Å². The van der Waals surface area contributed by atoms with Crippen molar-refractivity contribution in [3.05, 3.63) is 0 Å². The van der Waals surface area contributed by atoms with Crippen molar-refractivity contribution in [1.82, 2.24) is 10.2 Å². The van der Waals surface area contributed by atoms with Crippen molar-refractivity contribution in [2.75, 3.05) is 19.6 Å². The van der Waals surface area contributed by atoms with Crippen molar-refractivity contribution >= 4 is 6.09 Å². The number of amides is 1. The number of nitrogens with one attached hydrogen (secondary N) is 1. The van der Waals surface area contributed by atoms with E-state index in [1.165, 1.54) is 25.7 Å². The molecule has 0 bridgehead atoms. The summed E-state index contributed by atoms with van der Waals surface area (Å²) in [5, 5.41) is 2.88. The Morgan fingerprint density at radius 3 is 2.44 bits per heavy atom. The first kappa shape index (κ1) is 13.7. The molecule has 1 amide bonds. The van der Waals surface area contributed by atoms with E-state index in [0.717, 1.165) is 19.6 Å². The van der Waals surface area contributed by atoms with Crippen molar-refractivity contribution in [3.63, 3.8) is 0 Å². The quantitative estimate of drug-likeness (QED) is 0.837. The Labute approximate surface area is 110 Å². The van der Waals surface area contributed by atoms with Crippen LogP contribution in [-0.4, -0.2) is 42.3 Å². The first-order valence-corrected chi connectivity index (χ1v) is 7.15. The molecule has 1 aliphatic heterocycles. The molecule has 1 saturated heterocycles. The number of nitrogens with zero attached hydrogens (tertiary/aromatic N) is 1. The largest absolute Gasteiger partial charge is 0.445 e. The van der Waals surface area contributed by atoms with E-state index in [4.69, 9.17) is 4.74 Å². The lowest BCUT2D eigenvalue weighted by atomic mass is 10.1. The van der Waals surface area contributed by atoms with Crippen LogP contribution in [0.25, 0.3) is 0 Å². The van der Waals surface area contributed by atoms with E-state index in [0.29, 0.717) is 5.92 Å².